The van der Waals surface area contributed by atoms with E-state index in [9.17, 15) is 19.8 Å². The molecule has 1 amide bonds. The number of carboxylic acid groups (broad SMARTS) is 1. The lowest BCUT2D eigenvalue weighted by Crippen LogP contribution is -2.61. The molecule has 3 atom stereocenters. The molecule has 0 aliphatic carbocycles. The number of aromatic nitrogens is 1. The number of hydrogen-bond donors (Lipinski definition) is 3. The second kappa shape index (κ2) is 6.45. The molecular formula is C16H20N3O4S+. The number of nitrogen functional groups attached to an aromatic ring is 1. The highest BCUT2D eigenvalue weighted by Crippen LogP contribution is 2.46. The summed E-state index contributed by atoms with van der Waals surface area (Å²) < 4.78 is 1.94. The number of rotatable bonds is 6. The Hall–Kier alpha value is -2.06. The molecule has 3 heterocycles. The topological polar surface area (TPSA) is 108 Å². The van der Waals surface area contributed by atoms with E-state index in [0.29, 0.717) is 29.3 Å². The van der Waals surface area contributed by atoms with Crippen molar-refractivity contribution < 1.29 is 24.4 Å². The summed E-state index contributed by atoms with van der Waals surface area (Å²) in [5, 5.41) is 19.2. The molecule has 1 aromatic rings. The van der Waals surface area contributed by atoms with Crippen LogP contribution in [-0.4, -0.2) is 44.9 Å². The predicted octanol–water partition coefficient (Wildman–Crippen LogP) is 0.197. The first-order valence-corrected chi connectivity index (χ1v) is 8.73. The second-order valence-corrected chi connectivity index (χ2v) is 7.24. The molecule has 3 rings (SSSR count). The molecule has 0 aromatic carbocycles. The van der Waals surface area contributed by atoms with E-state index in [2.05, 4.69) is 0 Å². The van der Waals surface area contributed by atoms with Gasteiger partial charge in [-0.15, -0.1) is 11.8 Å². The van der Waals surface area contributed by atoms with Gasteiger partial charge >= 0.3 is 5.97 Å². The van der Waals surface area contributed by atoms with Crippen molar-refractivity contribution in [3.05, 3.63) is 35.1 Å². The minimum absolute atomic E-state index is 0.0736. The number of aliphatic hydroxyl groups is 1. The number of aryl methyl sites for hydroxylation is 1. The number of carbonyl (C=O) groups is 2. The van der Waals surface area contributed by atoms with Gasteiger partial charge in [-0.05, 0) is 13.0 Å². The molecule has 0 spiro atoms. The summed E-state index contributed by atoms with van der Waals surface area (Å²) in [6, 6.07) is 3.43. The van der Waals surface area contributed by atoms with Crippen molar-refractivity contribution in [1.29, 1.82) is 0 Å². The van der Waals surface area contributed by atoms with Gasteiger partial charge in [-0.3, -0.25) is 4.79 Å². The number of nitrogens with zero attached hydrogens (tertiary/aromatic N) is 2. The average molecular weight is 350 g/mol. The van der Waals surface area contributed by atoms with Crippen LogP contribution in [0.25, 0.3) is 0 Å². The standard InChI is InChI=1S/C16H19N3O4S/c1-9(20)13-11-7-12(14(16(22)23)19(11)15(13)21)24-6-5-18-4-2-3-10(17)8-18/h2-4,8-9,11,13,20H,5-7,17H2,1H3/p+1/t9-,11-,13-/m1/s1. The molecule has 1 saturated heterocycles. The van der Waals surface area contributed by atoms with Crippen molar-refractivity contribution in [2.75, 3.05) is 11.5 Å². The van der Waals surface area contributed by atoms with Crippen molar-refractivity contribution in [1.82, 2.24) is 4.90 Å². The van der Waals surface area contributed by atoms with Crippen LogP contribution in [0.2, 0.25) is 0 Å². The molecule has 4 N–H and O–H groups in total. The Kier molecular flexibility index (Phi) is 4.51. The maximum absolute atomic E-state index is 12.1. The van der Waals surface area contributed by atoms with Crippen LogP contribution in [0.4, 0.5) is 5.69 Å². The largest absolute Gasteiger partial charge is 0.477 e. The number of carbonyl (C=O) groups excluding carboxylic acids is 1. The summed E-state index contributed by atoms with van der Waals surface area (Å²) in [5.74, 6) is -1.21. The molecular weight excluding hydrogens is 330 g/mol. The normalized spacial score (nSPS) is 23.9. The first-order chi connectivity index (χ1) is 11.4. The van der Waals surface area contributed by atoms with E-state index in [1.54, 1.807) is 13.0 Å². The fourth-order valence-corrected chi connectivity index (χ4v) is 4.47. The first-order valence-electron chi connectivity index (χ1n) is 7.75. The van der Waals surface area contributed by atoms with Crippen LogP contribution >= 0.6 is 11.8 Å². The number of thioether (sulfide) groups is 1. The Bertz CT molecular complexity index is 719. The summed E-state index contributed by atoms with van der Waals surface area (Å²) in [5.41, 5.74) is 6.48. The minimum atomic E-state index is -1.09. The SMILES string of the molecule is C[C@@H](O)[C@H]1C(=O)N2C(C(=O)O)=C(SCC[n+]3cccc(N)c3)C[C@H]12. The molecule has 0 bridgehead atoms. The van der Waals surface area contributed by atoms with E-state index in [1.165, 1.54) is 16.7 Å². The van der Waals surface area contributed by atoms with E-state index in [1.807, 2.05) is 23.0 Å². The molecule has 1 fully saturated rings. The highest BCUT2D eigenvalue weighted by Gasteiger charge is 2.56. The fourth-order valence-electron chi connectivity index (χ4n) is 3.32. The van der Waals surface area contributed by atoms with Crippen LogP contribution in [0.1, 0.15) is 13.3 Å². The fraction of sp³-hybridized carbons (Fsp3) is 0.438. The third kappa shape index (κ3) is 2.87. The smallest absolute Gasteiger partial charge is 0.353 e. The minimum Gasteiger partial charge on any atom is -0.477 e. The Morgan fingerprint density at radius 3 is 2.96 bits per heavy atom. The van der Waals surface area contributed by atoms with E-state index < -0.39 is 18.0 Å². The summed E-state index contributed by atoms with van der Waals surface area (Å²) in [4.78, 5) is 25.7. The Labute approximate surface area is 143 Å². The van der Waals surface area contributed by atoms with Gasteiger partial charge in [0.25, 0.3) is 0 Å². The zero-order valence-corrected chi connectivity index (χ0v) is 14.1. The number of hydrogen-bond acceptors (Lipinski definition) is 5. The van der Waals surface area contributed by atoms with E-state index >= 15 is 0 Å². The summed E-state index contributed by atoms with van der Waals surface area (Å²) in [6.45, 7) is 2.26. The molecule has 8 heteroatoms. The Balaban J connectivity index is 1.68. The zero-order chi connectivity index (χ0) is 17.4. The third-order valence-corrected chi connectivity index (χ3v) is 5.49. The molecule has 24 heavy (non-hydrogen) atoms. The lowest BCUT2D eigenvalue weighted by atomic mass is 9.83. The number of aliphatic carboxylic acids is 1. The quantitative estimate of drug-likeness (QED) is 0.500. The number of anilines is 1. The van der Waals surface area contributed by atoms with E-state index in [4.69, 9.17) is 5.73 Å². The maximum Gasteiger partial charge on any atom is 0.353 e. The Morgan fingerprint density at radius 1 is 1.58 bits per heavy atom. The van der Waals surface area contributed by atoms with Gasteiger partial charge in [0.05, 0.1) is 29.5 Å². The molecule has 2 aliphatic rings. The van der Waals surface area contributed by atoms with E-state index in [-0.39, 0.29) is 17.6 Å². The summed E-state index contributed by atoms with van der Waals surface area (Å²) >= 11 is 1.45. The zero-order valence-electron chi connectivity index (χ0n) is 13.3. The van der Waals surface area contributed by atoms with Crippen LogP contribution in [0.15, 0.2) is 35.1 Å². The van der Waals surface area contributed by atoms with Crippen LogP contribution < -0.4 is 10.3 Å². The summed E-state index contributed by atoms with van der Waals surface area (Å²) in [6.07, 6.45) is 3.45. The maximum atomic E-state index is 12.1. The van der Waals surface area contributed by atoms with Gasteiger partial charge in [0.2, 0.25) is 5.91 Å². The molecule has 0 unspecified atom stereocenters. The molecule has 1 aromatic heterocycles. The van der Waals surface area contributed by atoms with Gasteiger partial charge in [0.1, 0.15) is 5.70 Å². The van der Waals surface area contributed by atoms with Gasteiger partial charge in [0.15, 0.2) is 18.9 Å². The number of fused-ring (bicyclic) bond motifs is 1. The predicted molar refractivity (Wildman–Crippen MR) is 88.6 cm³/mol. The number of β-lactam (4-membered cyclic amide) rings is 1. The first kappa shape index (κ1) is 16.8. The average Bonchev–Trinajstić information content (AvgIpc) is 2.81. The summed E-state index contributed by atoms with van der Waals surface area (Å²) in [7, 11) is 0. The van der Waals surface area contributed by atoms with Crippen molar-refractivity contribution in [2.24, 2.45) is 5.92 Å². The monoisotopic (exact) mass is 350 g/mol. The van der Waals surface area contributed by atoms with Gasteiger partial charge in [-0.1, -0.05) is 0 Å². The number of aliphatic hydroxyl groups excluding tert-OH is 1. The molecule has 2 aliphatic heterocycles. The van der Waals surface area contributed by atoms with Crippen LogP contribution in [0.5, 0.6) is 0 Å². The van der Waals surface area contributed by atoms with Crippen LogP contribution in [-0.2, 0) is 16.1 Å². The van der Waals surface area contributed by atoms with Crippen molar-refractivity contribution in [3.8, 4) is 0 Å². The number of nitrogens with two attached hydrogens (primary N) is 1. The van der Waals surface area contributed by atoms with Gasteiger partial charge < -0.3 is 20.8 Å². The highest BCUT2D eigenvalue weighted by molar-refractivity contribution is 8.03. The third-order valence-electron chi connectivity index (χ3n) is 4.40. The molecule has 128 valence electrons. The molecule has 0 saturated carbocycles. The van der Waals surface area contributed by atoms with Crippen LogP contribution in [0, 0.1) is 5.92 Å². The molecule has 0 radical (unpaired) electrons. The van der Waals surface area contributed by atoms with E-state index in [0.717, 1.165) is 0 Å². The molecule has 7 nitrogen and oxygen atoms in total. The number of pyridine rings is 1. The Morgan fingerprint density at radius 2 is 2.33 bits per heavy atom. The lowest BCUT2D eigenvalue weighted by molar-refractivity contribution is -0.691. The van der Waals surface area contributed by atoms with Crippen molar-refractivity contribution >= 4 is 29.3 Å². The van der Waals surface area contributed by atoms with Gasteiger partial charge in [-0.25, -0.2) is 9.36 Å². The lowest BCUT2D eigenvalue weighted by Gasteiger charge is -2.44. The second-order valence-electron chi connectivity index (χ2n) is 6.05. The van der Waals surface area contributed by atoms with Crippen molar-refractivity contribution in [3.63, 3.8) is 0 Å². The number of amides is 1. The highest BCUT2D eigenvalue weighted by atomic mass is 32.2. The van der Waals surface area contributed by atoms with Gasteiger partial charge in [0, 0.05) is 17.4 Å². The number of carboxylic acids is 1. The van der Waals surface area contributed by atoms with Crippen LogP contribution in [0.3, 0.4) is 0 Å². The van der Waals surface area contributed by atoms with Gasteiger partial charge in [-0.2, -0.15) is 0 Å². The van der Waals surface area contributed by atoms with Crippen molar-refractivity contribution in [2.45, 2.75) is 32.0 Å².